The predicted octanol–water partition coefficient (Wildman–Crippen LogP) is 8.44. The number of carbonyl (C=O) groups excluding carboxylic acids is 1. The van der Waals surface area contributed by atoms with Gasteiger partial charge in [0.1, 0.15) is 5.82 Å². The van der Waals surface area contributed by atoms with Crippen molar-refractivity contribution in [1.29, 1.82) is 0 Å². The summed E-state index contributed by atoms with van der Waals surface area (Å²) in [4.78, 5) is 12.7. The Morgan fingerprint density at radius 1 is 0.721 bits per heavy atom. The number of carbonyl (C=O) groups is 1. The molecular weight excluding hydrogens is 590 g/mol. The van der Waals surface area contributed by atoms with Gasteiger partial charge >= 0.3 is 12.4 Å². The minimum atomic E-state index is -5.02. The van der Waals surface area contributed by atoms with Crippen molar-refractivity contribution in [2.45, 2.75) is 29.7 Å². The average Bonchev–Trinajstić information content (AvgIpc) is 3.38. The van der Waals surface area contributed by atoms with Crippen molar-refractivity contribution >= 4 is 23.4 Å². The van der Waals surface area contributed by atoms with Gasteiger partial charge in [-0.15, -0.1) is 10.2 Å². The van der Waals surface area contributed by atoms with Crippen LogP contribution in [0.2, 0.25) is 0 Å². The molecule has 0 saturated carbocycles. The Hall–Kier alpha value is -4.58. The first kappa shape index (κ1) is 29.9. The molecule has 0 fully saturated rings. The molecule has 0 bridgehead atoms. The molecule has 1 N–H and O–H groups in total. The topological polar surface area (TPSA) is 59.8 Å². The summed E-state index contributed by atoms with van der Waals surface area (Å²) in [5.74, 6) is 0.372. The maximum absolute atomic E-state index is 13.2. The van der Waals surface area contributed by atoms with E-state index in [9.17, 15) is 31.1 Å². The zero-order chi connectivity index (χ0) is 30.6. The summed E-state index contributed by atoms with van der Waals surface area (Å²) in [6.07, 6.45) is -9.47. The van der Waals surface area contributed by atoms with Crippen molar-refractivity contribution in [2.24, 2.45) is 0 Å². The highest BCUT2D eigenvalue weighted by atomic mass is 32.2. The maximum atomic E-state index is 13.2. The molecule has 0 saturated heterocycles. The summed E-state index contributed by atoms with van der Waals surface area (Å²) in [6.45, 7) is 0. The van der Waals surface area contributed by atoms with E-state index in [1.54, 1.807) is 12.1 Å². The molecule has 0 aliphatic heterocycles. The van der Waals surface area contributed by atoms with Crippen LogP contribution < -0.4 is 5.32 Å². The maximum Gasteiger partial charge on any atom is 0.416 e. The number of rotatable bonds is 8. The van der Waals surface area contributed by atoms with Crippen molar-refractivity contribution in [3.8, 4) is 5.69 Å². The summed E-state index contributed by atoms with van der Waals surface area (Å²) in [7, 11) is 0. The number of aromatic nitrogens is 3. The fraction of sp³-hybridized carbons (Fsp3) is 0.129. The summed E-state index contributed by atoms with van der Waals surface area (Å²) in [5, 5.41) is 11.6. The third-order valence-electron chi connectivity index (χ3n) is 6.35. The second-order valence-electron chi connectivity index (χ2n) is 9.47. The van der Waals surface area contributed by atoms with Gasteiger partial charge in [0.05, 0.1) is 11.1 Å². The highest BCUT2D eigenvalue weighted by Gasteiger charge is 2.37. The van der Waals surface area contributed by atoms with E-state index in [2.05, 4.69) is 15.5 Å². The lowest BCUT2D eigenvalue weighted by atomic mass is 10.1. The largest absolute Gasteiger partial charge is 0.416 e. The number of thioether (sulfide) groups is 1. The number of amides is 1. The summed E-state index contributed by atoms with van der Waals surface area (Å²) >= 11 is 1.43. The highest BCUT2D eigenvalue weighted by Crippen LogP contribution is 2.37. The van der Waals surface area contributed by atoms with E-state index in [0.717, 1.165) is 22.6 Å². The Morgan fingerprint density at radius 3 is 1.88 bits per heavy atom. The third kappa shape index (κ3) is 7.44. The average molecular weight is 613 g/mol. The van der Waals surface area contributed by atoms with Crippen molar-refractivity contribution in [1.82, 2.24) is 14.8 Å². The third-order valence-corrected chi connectivity index (χ3v) is 7.35. The Morgan fingerprint density at radius 2 is 1.30 bits per heavy atom. The molecule has 1 aromatic heterocycles. The molecule has 5 nitrogen and oxygen atoms in total. The number of benzene rings is 4. The molecule has 0 radical (unpaired) electrons. The van der Waals surface area contributed by atoms with Gasteiger partial charge in [-0.2, -0.15) is 26.3 Å². The number of alkyl halides is 6. The van der Waals surface area contributed by atoms with E-state index >= 15 is 0 Å². The van der Waals surface area contributed by atoms with Crippen LogP contribution in [0.4, 0.5) is 32.0 Å². The molecule has 12 heteroatoms. The van der Waals surface area contributed by atoms with Crippen LogP contribution >= 0.6 is 11.8 Å². The van der Waals surface area contributed by atoms with E-state index in [0.29, 0.717) is 29.5 Å². The molecule has 0 unspecified atom stereocenters. The zero-order valence-electron chi connectivity index (χ0n) is 22.2. The van der Waals surface area contributed by atoms with Crippen LogP contribution in [0.15, 0.2) is 108 Å². The molecule has 1 amide bonds. The first-order valence-electron chi connectivity index (χ1n) is 12.8. The Bertz CT molecular complexity index is 1670. The molecule has 5 aromatic rings. The smallest absolute Gasteiger partial charge is 0.322 e. The summed E-state index contributed by atoms with van der Waals surface area (Å²) in [6, 6.07) is 26.7. The highest BCUT2D eigenvalue weighted by molar-refractivity contribution is 7.98. The fourth-order valence-corrected chi connectivity index (χ4v) is 5.18. The van der Waals surface area contributed by atoms with E-state index in [1.165, 1.54) is 23.9 Å². The minimum absolute atomic E-state index is 0.00531. The van der Waals surface area contributed by atoms with Crippen LogP contribution in [0.25, 0.3) is 5.69 Å². The number of hydrogen-bond acceptors (Lipinski definition) is 4. The van der Waals surface area contributed by atoms with Crippen molar-refractivity contribution in [3.63, 3.8) is 0 Å². The predicted molar refractivity (Wildman–Crippen MR) is 151 cm³/mol. The van der Waals surface area contributed by atoms with Crippen molar-refractivity contribution in [2.75, 3.05) is 5.32 Å². The van der Waals surface area contributed by atoms with E-state index in [4.69, 9.17) is 0 Å². The molecular formula is C31H22F6N4OS. The fourth-order valence-electron chi connectivity index (χ4n) is 4.25. The van der Waals surface area contributed by atoms with Gasteiger partial charge in [0.2, 0.25) is 0 Å². The molecule has 0 atom stereocenters. The van der Waals surface area contributed by atoms with Crippen LogP contribution in [-0.4, -0.2) is 20.7 Å². The quantitative estimate of drug-likeness (QED) is 0.141. The summed E-state index contributed by atoms with van der Waals surface area (Å²) in [5.41, 5.74) is -0.781. The van der Waals surface area contributed by atoms with Gasteiger partial charge in [0, 0.05) is 29.1 Å². The van der Waals surface area contributed by atoms with Gasteiger partial charge in [-0.25, -0.2) is 0 Å². The molecule has 0 spiro atoms. The van der Waals surface area contributed by atoms with Gasteiger partial charge in [0.15, 0.2) is 5.16 Å². The number of nitrogens with one attached hydrogen (secondary N) is 1. The molecule has 0 aliphatic carbocycles. The first-order valence-corrected chi connectivity index (χ1v) is 13.8. The normalized spacial score (nSPS) is 11.9. The van der Waals surface area contributed by atoms with Crippen LogP contribution in [0, 0.1) is 0 Å². The number of halogens is 6. The number of anilines is 1. The van der Waals surface area contributed by atoms with Crippen LogP contribution in [-0.2, 0) is 24.5 Å². The van der Waals surface area contributed by atoms with E-state index in [-0.39, 0.29) is 11.6 Å². The van der Waals surface area contributed by atoms with Gasteiger partial charge in [-0.05, 0) is 53.6 Å². The summed E-state index contributed by atoms with van der Waals surface area (Å²) < 4.78 is 81.0. The van der Waals surface area contributed by atoms with Crippen molar-refractivity contribution < 1.29 is 31.1 Å². The second-order valence-corrected chi connectivity index (χ2v) is 10.4. The lowest BCUT2D eigenvalue weighted by Gasteiger charge is -2.15. The zero-order valence-corrected chi connectivity index (χ0v) is 23.0. The molecule has 5 rings (SSSR count). The monoisotopic (exact) mass is 612 g/mol. The number of nitrogens with zero attached hydrogens (tertiary/aromatic N) is 3. The SMILES string of the molecule is O=C(Nc1cc(C(F)(F)F)cc(C(F)(F)F)c1)c1ccc(CSc2nnc(Cc3ccccc3)n2-c2ccccc2)cc1. The molecule has 1 heterocycles. The van der Waals surface area contributed by atoms with Crippen LogP contribution in [0.5, 0.6) is 0 Å². The Balaban J connectivity index is 1.30. The molecule has 43 heavy (non-hydrogen) atoms. The molecule has 220 valence electrons. The number of para-hydroxylation sites is 1. The lowest BCUT2D eigenvalue weighted by Crippen LogP contribution is -2.16. The van der Waals surface area contributed by atoms with Gasteiger partial charge in [0.25, 0.3) is 5.91 Å². The lowest BCUT2D eigenvalue weighted by molar-refractivity contribution is -0.143. The van der Waals surface area contributed by atoms with Gasteiger partial charge in [-0.3, -0.25) is 9.36 Å². The standard InChI is InChI=1S/C31H22F6N4OS/c32-30(33,34)23-16-24(31(35,36)37)18-25(17-23)38-28(42)22-13-11-21(12-14-22)19-43-29-40-39-27(15-20-7-3-1-4-8-20)41(29)26-9-5-2-6-10-26/h1-14,16-18H,15,19H2,(H,38,42). The first-order chi connectivity index (χ1) is 20.5. The van der Waals surface area contributed by atoms with Crippen LogP contribution in [0.1, 0.15) is 38.4 Å². The van der Waals surface area contributed by atoms with Gasteiger partial charge < -0.3 is 5.32 Å². The number of hydrogen-bond donors (Lipinski definition) is 1. The molecule has 0 aliphatic rings. The minimum Gasteiger partial charge on any atom is -0.322 e. The van der Waals surface area contributed by atoms with Crippen molar-refractivity contribution in [3.05, 3.63) is 137 Å². The molecule has 4 aromatic carbocycles. The second kappa shape index (κ2) is 12.3. The van der Waals surface area contributed by atoms with E-state index in [1.807, 2.05) is 65.2 Å². The Kier molecular flexibility index (Phi) is 8.58. The Labute approximate surface area is 246 Å². The van der Waals surface area contributed by atoms with E-state index < -0.39 is 35.1 Å². The van der Waals surface area contributed by atoms with Gasteiger partial charge in [-0.1, -0.05) is 72.4 Å². The van der Waals surface area contributed by atoms with Crippen LogP contribution in [0.3, 0.4) is 0 Å².